The summed E-state index contributed by atoms with van der Waals surface area (Å²) in [5.74, 6) is 1.37. The molecule has 2 saturated carbocycles. The molecule has 0 radical (unpaired) electrons. The van der Waals surface area contributed by atoms with Crippen LogP contribution >= 0.6 is 0 Å². The number of likely N-dealkylation sites (tertiary alicyclic amines) is 1. The summed E-state index contributed by atoms with van der Waals surface area (Å²) in [4.78, 5) is 27.8. The summed E-state index contributed by atoms with van der Waals surface area (Å²) < 4.78 is 0. The van der Waals surface area contributed by atoms with Crippen LogP contribution in [0.25, 0.3) is 0 Å². The number of hydrogen-bond donors (Lipinski definition) is 1. The minimum absolute atomic E-state index is 0.00359. The fraction of sp³-hybridized carbons (Fsp3) is 0.857. The van der Waals surface area contributed by atoms with E-state index in [2.05, 4.69) is 30.1 Å². The first-order chi connectivity index (χ1) is 12.8. The van der Waals surface area contributed by atoms with E-state index in [9.17, 15) is 14.9 Å². The van der Waals surface area contributed by atoms with Crippen LogP contribution in [0.5, 0.6) is 0 Å². The Balaban J connectivity index is 1.71. The number of carbonyl (C=O) groups is 2. The molecule has 150 valence electrons. The van der Waals surface area contributed by atoms with Crippen molar-refractivity contribution >= 4 is 12.2 Å². The molecular formula is C21H34N4O2. The van der Waals surface area contributed by atoms with Gasteiger partial charge in [-0.05, 0) is 70.8 Å². The fourth-order valence-corrected chi connectivity index (χ4v) is 6.20. The maximum atomic E-state index is 12.8. The van der Waals surface area contributed by atoms with Gasteiger partial charge in [0.05, 0.1) is 19.2 Å². The van der Waals surface area contributed by atoms with Crippen molar-refractivity contribution < 1.29 is 9.59 Å². The van der Waals surface area contributed by atoms with Crippen molar-refractivity contribution in [1.29, 1.82) is 5.26 Å². The van der Waals surface area contributed by atoms with Gasteiger partial charge in [-0.2, -0.15) is 5.26 Å². The number of nitrogens with one attached hydrogen (secondary N) is 1. The summed E-state index contributed by atoms with van der Waals surface area (Å²) in [7, 11) is 2.05. The number of amides is 1. The standard InChI is InChI=1S/C21H34N4O2/c1-16-9-17-11-20(2,15-21(10-16,12-17)23-6-8-26)24(3)14-19(27)25-7-4-5-18(25)13-22/h8,16-18,23H,4-7,9-12,14-15H2,1-3H3. The predicted octanol–water partition coefficient (Wildman–Crippen LogP) is 1.95. The van der Waals surface area contributed by atoms with Crippen LogP contribution in [0.2, 0.25) is 0 Å². The molecule has 0 aromatic heterocycles. The van der Waals surface area contributed by atoms with Gasteiger partial charge in [0.1, 0.15) is 12.3 Å². The van der Waals surface area contributed by atoms with E-state index >= 15 is 0 Å². The van der Waals surface area contributed by atoms with Crippen molar-refractivity contribution in [2.75, 3.05) is 26.7 Å². The Kier molecular flexibility index (Phi) is 5.93. The van der Waals surface area contributed by atoms with Crippen molar-refractivity contribution in [3.8, 4) is 6.07 Å². The van der Waals surface area contributed by atoms with Gasteiger partial charge in [0.15, 0.2) is 0 Å². The van der Waals surface area contributed by atoms with Crippen molar-refractivity contribution in [1.82, 2.24) is 15.1 Å². The first kappa shape index (κ1) is 20.3. The Hall–Kier alpha value is -1.45. The summed E-state index contributed by atoms with van der Waals surface area (Å²) in [5, 5.41) is 12.8. The van der Waals surface area contributed by atoms with Gasteiger partial charge in [-0.1, -0.05) is 6.92 Å². The summed E-state index contributed by atoms with van der Waals surface area (Å²) >= 11 is 0. The van der Waals surface area contributed by atoms with Gasteiger partial charge >= 0.3 is 0 Å². The smallest absolute Gasteiger partial charge is 0.237 e. The molecule has 1 N–H and O–H groups in total. The maximum absolute atomic E-state index is 12.8. The van der Waals surface area contributed by atoms with Crippen LogP contribution in [0, 0.1) is 23.2 Å². The second-order valence-electron chi connectivity index (χ2n) is 9.55. The number of carbonyl (C=O) groups excluding carboxylic acids is 2. The molecule has 1 aliphatic heterocycles. The van der Waals surface area contributed by atoms with Crippen LogP contribution in [-0.4, -0.2) is 65.8 Å². The number of rotatable bonds is 6. The lowest BCUT2D eigenvalue weighted by Gasteiger charge is -2.57. The number of aldehydes is 1. The molecule has 2 bridgehead atoms. The van der Waals surface area contributed by atoms with E-state index in [1.165, 1.54) is 6.42 Å². The lowest BCUT2D eigenvalue weighted by Crippen LogP contribution is -2.63. The highest BCUT2D eigenvalue weighted by Crippen LogP contribution is 2.50. The van der Waals surface area contributed by atoms with Crippen LogP contribution in [-0.2, 0) is 9.59 Å². The average Bonchev–Trinajstić information content (AvgIpc) is 3.07. The molecule has 2 aliphatic carbocycles. The van der Waals surface area contributed by atoms with Crippen LogP contribution in [0.15, 0.2) is 0 Å². The highest BCUT2D eigenvalue weighted by molar-refractivity contribution is 5.79. The van der Waals surface area contributed by atoms with Crippen LogP contribution < -0.4 is 5.32 Å². The van der Waals surface area contributed by atoms with Gasteiger partial charge in [-0.3, -0.25) is 9.69 Å². The zero-order valence-corrected chi connectivity index (χ0v) is 17.0. The zero-order valence-electron chi connectivity index (χ0n) is 17.0. The molecule has 6 nitrogen and oxygen atoms in total. The highest BCUT2D eigenvalue weighted by Gasteiger charge is 2.51. The van der Waals surface area contributed by atoms with Gasteiger partial charge in [-0.15, -0.1) is 0 Å². The van der Waals surface area contributed by atoms with Crippen molar-refractivity contribution in [3.63, 3.8) is 0 Å². The summed E-state index contributed by atoms with van der Waals surface area (Å²) in [6.45, 7) is 6.05. The molecule has 1 heterocycles. The van der Waals surface area contributed by atoms with Crippen LogP contribution in [0.1, 0.15) is 58.8 Å². The van der Waals surface area contributed by atoms with E-state index < -0.39 is 0 Å². The molecule has 1 saturated heterocycles. The highest BCUT2D eigenvalue weighted by atomic mass is 16.2. The van der Waals surface area contributed by atoms with Gasteiger partial charge in [0, 0.05) is 17.6 Å². The molecule has 5 atom stereocenters. The van der Waals surface area contributed by atoms with Gasteiger partial charge in [0.25, 0.3) is 0 Å². The van der Waals surface area contributed by atoms with E-state index in [0.29, 0.717) is 31.5 Å². The molecular weight excluding hydrogens is 340 g/mol. The monoisotopic (exact) mass is 374 g/mol. The summed E-state index contributed by atoms with van der Waals surface area (Å²) in [6.07, 6.45) is 8.17. The first-order valence-electron chi connectivity index (χ1n) is 10.4. The topological polar surface area (TPSA) is 76.4 Å². The lowest BCUT2D eigenvalue weighted by atomic mass is 9.58. The first-order valence-corrected chi connectivity index (χ1v) is 10.4. The third-order valence-corrected chi connectivity index (χ3v) is 7.18. The van der Waals surface area contributed by atoms with Crippen LogP contribution in [0.3, 0.4) is 0 Å². The molecule has 3 fully saturated rings. The zero-order chi connectivity index (χ0) is 19.7. The van der Waals surface area contributed by atoms with Crippen molar-refractivity contribution in [3.05, 3.63) is 0 Å². The number of fused-ring (bicyclic) bond motifs is 2. The Bertz CT molecular complexity index is 614. The number of nitriles is 1. The van der Waals surface area contributed by atoms with Gasteiger partial charge < -0.3 is 15.0 Å². The average molecular weight is 375 g/mol. The number of likely N-dealkylation sites (N-methyl/N-ethyl adjacent to an activating group) is 1. The third kappa shape index (κ3) is 4.20. The van der Waals surface area contributed by atoms with E-state index in [0.717, 1.165) is 44.8 Å². The predicted molar refractivity (Wildman–Crippen MR) is 104 cm³/mol. The molecule has 5 unspecified atom stereocenters. The minimum Gasteiger partial charge on any atom is -0.326 e. The molecule has 6 heteroatoms. The normalized spacial score (nSPS) is 38.6. The van der Waals surface area contributed by atoms with E-state index in [1.54, 1.807) is 4.90 Å². The SMILES string of the molecule is CC1CC2CC(NCC=O)(C1)CC(C)(N(C)CC(=O)N1CCCC1C#N)C2. The van der Waals surface area contributed by atoms with Gasteiger partial charge in [0.2, 0.25) is 5.91 Å². The maximum Gasteiger partial charge on any atom is 0.237 e. The second kappa shape index (κ2) is 7.89. The third-order valence-electron chi connectivity index (χ3n) is 7.18. The Labute approximate surface area is 163 Å². The molecule has 1 amide bonds. The van der Waals surface area contributed by atoms with Crippen molar-refractivity contribution in [2.24, 2.45) is 11.8 Å². The van der Waals surface area contributed by atoms with E-state index in [-0.39, 0.29) is 23.0 Å². The lowest BCUT2D eigenvalue weighted by molar-refractivity contribution is -0.135. The summed E-state index contributed by atoms with van der Waals surface area (Å²) in [5.41, 5.74) is -0.0765. The minimum atomic E-state index is -0.258. The van der Waals surface area contributed by atoms with E-state index in [1.807, 2.05) is 7.05 Å². The fourth-order valence-electron chi connectivity index (χ4n) is 6.20. The van der Waals surface area contributed by atoms with Crippen LogP contribution in [0.4, 0.5) is 0 Å². The second-order valence-corrected chi connectivity index (χ2v) is 9.55. The van der Waals surface area contributed by atoms with E-state index in [4.69, 9.17) is 0 Å². The Morgan fingerprint density at radius 1 is 1.41 bits per heavy atom. The van der Waals surface area contributed by atoms with Gasteiger partial charge in [-0.25, -0.2) is 0 Å². The quantitative estimate of drug-likeness (QED) is 0.719. The Morgan fingerprint density at radius 2 is 2.19 bits per heavy atom. The largest absolute Gasteiger partial charge is 0.326 e. The molecule has 0 aromatic rings. The Morgan fingerprint density at radius 3 is 2.89 bits per heavy atom. The van der Waals surface area contributed by atoms with Crippen molar-refractivity contribution in [2.45, 2.75) is 75.9 Å². The molecule has 3 aliphatic rings. The molecule has 3 rings (SSSR count). The molecule has 0 spiro atoms. The summed E-state index contributed by atoms with van der Waals surface area (Å²) in [6, 6.07) is 2.01. The molecule has 0 aromatic carbocycles. The number of hydrogen-bond acceptors (Lipinski definition) is 5. The number of nitrogens with zero attached hydrogens (tertiary/aromatic N) is 3. The molecule has 27 heavy (non-hydrogen) atoms.